The summed E-state index contributed by atoms with van der Waals surface area (Å²) in [6, 6.07) is 11.0. The Balaban J connectivity index is 1.62. The van der Waals surface area contributed by atoms with E-state index in [9.17, 15) is 26.0 Å². The largest absolute Gasteiger partial charge is 0.326 e. The molecule has 1 amide bonds. The molecule has 0 radical (unpaired) electrons. The summed E-state index contributed by atoms with van der Waals surface area (Å²) >= 11 is 0. The first-order chi connectivity index (χ1) is 15.6. The van der Waals surface area contributed by atoms with E-state index in [0.29, 0.717) is 24.1 Å². The minimum Gasteiger partial charge on any atom is -0.326 e. The van der Waals surface area contributed by atoms with Crippen LogP contribution in [0.5, 0.6) is 0 Å². The fourth-order valence-electron chi connectivity index (χ4n) is 3.52. The summed E-state index contributed by atoms with van der Waals surface area (Å²) in [5.74, 6) is -1.59. The molecular formula is C22H26FN3O5S2. The molecule has 3 rings (SSSR count). The van der Waals surface area contributed by atoms with Gasteiger partial charge in [-0.05, 0) is 54.8 Å². The minimum absolute atomic E-state index is 0.0157. The molecule has 11 heteroatoms. The number of carbonyl (C=O) groups is 1. The van der Waals surface area contributed by atoms with Gasteiger partial charge in [0.2, 0.25) is 26.0 Å². The van der Waals surface area contributed by atoms with Crippen LogP contribution in [-0.2, 0) is 30.6 Å². The molecule has 2 aromatic carbocycles. The topological polar surface area (TPSA) is 113 Å². The molecule has 1 heterocycles. The van der Waals surface area contributed by atoms with Crippen molar-refractivity contribution in [2.45, 2.75) is 23.5 Å². The molecule has 0 aromatic heterocycles. The zero-order valence-corrected chi connectivity index (χ0v) is 19.5. The van der Waals surface area contributed by atoms with Crippen molar-refractivity contribution in [3.63, 3.8) is 0 Å². The van der Waals surface area contributed by atoms with Gasteiger partial charge in [-0.1, -0.05) is 18.2 Å². The lowest BCUT2D eigenvalue weighted by Crippen LogP contribution is -2.43. The van der Waals surface area contributed by atoms with E-state index in [2.05, 4.69) is 16.6 Å². The van der Waals surface area contributed by atoms with Gasteiger partial charge in [0, 0.05) is 25.3 Å². The SMILES string of the molecule is C=CCNS(=O)(=O)Cc1ccc(NC(=O)C2CCCN(S(=O)(=O)c3ccc(F)cc3)C2)cc1. The molecule has 2 aromatic rings. The van der Waals surface area contributed by atoms with Crippen molar-refractivity contribution in [3.05, 3.63) is 72.6 Å². The third-order valence-electron chi connectivity index (χ3n) is 5.23. The van der Waals surface area contributed by atoms with Gasteiger partial charge < -0.3 is 5.32 Å². The smallest absolute Gasteiger partial charge is 0.243 e. The van der Waals surface area contributed by atoms with Crippen LogP contribution >= 0.6 is 0 Å². The van der Waals surface area contributed by atoms with E-state index >= 15 is 0 Å². The number of hydrogen-bond donors (Lipinski definition) is 2. The van der Waals surface area contributed by atoms with Crippen molar-refractivity contribution in [2.24, 2.45) is 5.92 Å². The Morgan fingerprint density at radius 1 is 1.09 bits per heavy atom. The van der Waals surface area contributed by atoms with Gasteiger partial charge in [0.05, 0.1) is 16.6 Å². The Labute approximate surface area is 193 Å². The fraction of sp³-hybridized carbons (Fsp3) is 0.318. The van der Waals surface area contributed by atoms with Gasteiger partial charge in [-0.2, -0.15) is 4.31 Å². The lowest BCUT2D eigenvalue weighted by Gasteiger charge is -2.31. The van der Waals surface area contributed by atoms with Crippen molar-refractivity contribution in [1.29, 1.82) is 0 Å². The Hall–Kier alpha value is -2.60. The number of piperidine rings is 1. The van der Waals surface area contributed by atoms with Crippen LogP contribution in [0.25, 0.3) is 0 Å². The Kier molecular flexibility index (Phi) is 8.01. The van der Waals surface area contributed by atoms with Gasteiger partial charge in [-0.15, -0.1) is 6.58 Å². The quantitative estimate of drug-likeness (QED) is 0.519. The number of carbonyl (C=O) groups excluding carboxylic acids is 1. The van der Waals surface area contributed by atoms with Crippen molar-refractivity contribution < 1.29 is 26.0 Å². The summed E-state index contributed by atoms with van der Waals surface area (Å²) in [6.07, 6.45) is 2.51. The predicted molar refractivity (Wildman–Crippen MR) is 124 cm³/mol. The number of halogens is 1. The number of benzene rings is 2. The first-order valence-electron chi connectivity index (χ1n) is 10.3. The summed E-state index contributed by atoms with van der Waals surface area (Å²) in [7, 11) is -7.32. The molecule has 178 valence electrons. The van der Waals surface area contributed by atoms with E-state index in [1.54, 1.807) is 24.3 Å². The van der Waals surface area contributed by atoms with Crippen molar-refractivity contribution >= 4 is 31.6 Å². The van der Waals surface area contributed by atoms with E-state index in [0.717, 1.165) is 12.1 Å². The molecule has 2 N–H and O–H groups in total. The second kappa shape index (κ2) is 10.6. The predicted octanol–water partition coefficient (Wildman–Crippen LogP) is 2.47. The number of amides is 1. The van der Waals surface area contributed by atoms with E-state index < -0.39 is 31.8 Å². The van der Waals surface area contributed by atoms with E-state index in [4.69, 9.17) is 0 Å². The van der Waals surface area contributed by atoms with Crippen LogP contribution in [0, 0.1) is 11.7 Å². The molecule has 33 heavy (non-hydrogen) atoms. The normalized spacial score (nSPS) is 17.4. The van der Waals surface area contributed by atoms with Crippen LogP contribution in [0.3, 0.4) is 0 Å². The summed E-state index contributed by atoms with van der Waals surface area (Å²) < 4.78 is 66.4. The number of nitrogens with one attached hydrogen (secondary N) is 2. The van der Waals surface area contributed by atoms with Crippen molar-refractivity contribution in [3.8, 4) is 0 Å². The monoisotopic (exact) mass is 495 g/mol. The molecule has 1 atom stereocenters. The number of hydrogen-bond acceptors (Lipinski definition) is 5. The summed E-state index contributed by atoms with van der Waals surface area (Å²) in [5.41, 5.74) is 1.04. The molecule has 1 aliphatic rings. The molecule has 8 nitrogen and oxygen atoms in total. The molecule has 1 unspecified atom stereocenters. The molecule has 1 saturated heterocycles. The molecule has 0 saturated carbocycles. The molecule has 1 fully saturated rings. The summed E-state index contributed by atoms with van der Waals surface area (Å²) in [5, 5.41) is 2.77. The third-order valence-corrected chi connectivity index (χ3v) is 8.43. The zero-order chi connectivity index (χ0) is 24.1. The second-order valence-corrected chi connectivity index (χ2v) is 11.5. The number of sulfonamides is 2. The highest BCUT2D eigenvalue weighted by molar-refractivity contribution is 7.89. The van der Waals surface area contributed by atoms with Crippen molar-refractivity contribution in [2.75, 3.05) is 25.0 Å². The number of rotatable bonds is 9. The highest BCUT2D eigenvalue weighted by Crippen LogP contribution is 2.25. The fourth-order valence-corrected chi connectivity index (χ4v) is 6.14. The van der Waals surface area contributed by atoms with E-state index in [1.807, 2.05) is 0 Å². The van der Waals surface area contributed by atoms with Crippen LogP contribution in [0.2, 0.25) is 0 Å². The van der Waals surface area contributed by atoms with Gasteiger partial charge in [0.25, 0.3) is 0 Å². The zero-order valence-electron chi connectivity index (χ0n) is 17.9. The maximum absolute atomic E-state index is 13.1. The van der Waals surface area contributed by atoms with E-state index in [1.165, 1.54) is 22.5 Å². The Morgan fingerprint density at radius 2 is 1.76 bits per heavy atom. The van der Waals surface area contributed by atoms with Gasteiger partial charge in [0.1, 0.15) is 5.82 Å². The number of nitrogens with zero attached hydrogens (tertiary/aromatic N) is 1. The molecule has 0 aliphatic carbocycles. The van der Waals surface area contributed by atoms with Crippen LogP contribution in [0.4, 0.5) is 10.1 Å². The summed E-state index contributed by atoms with van der Waals surface area (Å²) in [6.45, 7) is 3.92. The standard InChI is InChI=1S/C22H26FN3O5S2/c1-2-13-24-32(28,29)16-17-5-9-20(10-6-17)25-22(27)18-4-3-14-26(15-18)33(30,31)21-11-7-19(23)8-12-21/h2,5-12,18,24H,1,3-4,13-16H2,(H,25,27). The lowest BCUT2D eigenvalue weighted by molar-refractivity contribution is -0.120. The molecule has 0 bridgehead atoms. The second-order valence-electron chi connectivity index (χ2n) is 7.74. The van der Waals surface area contributed by atoms with Crippen LogP contribution in [0.1, 0.15) is 18.4 Å². The Morgan fingerprint density at radius 3 is 2.39 bits per heavy atom. The van der Waals surface area contributed by atoms with Crippen LogP contribution in [0.15, 0.2) is 66.1 Å². The Bertz CT molecular complexity index is 1200. The molecule has 0 spiro atoms. The average molecular weight is 496 g/mol. The summed E-state index contributed by atoms with van der Waals surface area (Å²) in [4.78, 5) is 12.7. The highest BCUT2D eigenvalue weighted by atomic mass is 32.2. The van der Waals surface area contributed by atoms with Crippen LogP contribution < -0.4 is 10.0 Å². The molecule has 1 aliphatic heterocycles. The van der Waals surface area contributed by atoms with E-state index in [-0.39, 0.29) is 36.2 Å². The first kappa shape index (κ1) is 25.0. The maximum atomic E-state index is 13.1. The molecular weight excluding hydrogens is 469 g/mol. The lowest BCUT2D eigenvalue weighted by atomic mass is 9.98. The van der Waals surface area contributed by atoms with Crippen LogP contribution in [-0.4, -0.2) is 46.7 Å². The maximum Gasteiger partial charge on any atom is 0.243 e. The van der Waals surface area contributed by atoms with Crippen molar-refractivity contribution in [1.82, 2.24) is 9.03 Å². The van der Waals surface area contributed by atoms with Gasteiger partial charge in [-0.3, -0.25) is 4.79 Å². The van der Waals surface area contributed by atoms with Gasteiger partial charge in [-0.25, -0.2) is 25.9 Å². The average Bonchev–Trinajstić information content (AvgIpc) is 2.79. The number of anilines is 1. The third kappa shape index (κ3) is 6.70. The first-order valence-corrected chi connectivity index (χ1v) is 13.4. The van der Waals surface area contributed by atoms with Gasteiger partial charge in [0.15, 0.2) is 0 Å². The van der Waals surface area contributed by atoms with Gasteiger partial charge >= 0.3 is 0 Å². The highest BCUT2D eigenvalue weighted by Gasteiger charge is 2.33. The minimum atomic E-state index is -3.83.